The van der Waals surface area contributed by atoms with Crippen LogP contribution in [0.3, 0.4) is 0 Å². The fourth-order valence-electron chi connectivity index (χ4n) is 2.46. The van der Waals surface area contributed by atoms with Crippen molar-refractivity contribution >= 4 is 21.8 Å². The molecule has 0 fully saturated rings. The van der Waals surface area contributed by atoms with E-state index >= 15 is 0 Å². The molecule has 2 N–H and O–H groups in total. The first kappa shape index (κ1) is 10.9. The second-order valence-electron chi connectivity index (χ2n) is 4.54. The van der Waals surface area contributed by atoms with Crippen LogP contribution in [-0.2, 0) is 0 Å². The fraction of sp³-hybridized carbons (Fsp3) is 0. The Kier molecular flexibility index (Phi) is 2.20. The van der Waals surface area contributed by atoms with Gasteiger partial charge in [-0.25, -0.2) is 5.10 Å². The summed E-state index contributed by atoms with van der Waals surface area (Å²) in [6.45, 7) is 0. The van der Waals surface area contributed by atoms with Crippen LogP contribution in [0.1, 0.15) is 0 Å². The average molecular weight is 262 g/mol. The number of H-pyrrole nitrogens is 2. The summed E-state index contributed by atoms with van der Waals surface area (Å²) >= 11 is 0. The van der Waals surface area contributed by atoms with Gasteiger partial charge >= 0.3 is 0 Å². The van der Waals surface area contributed by atoms with Crippen LogP contribution in [0, 0.1) is 0 Å². The van der Waals surface area contributed by atoms with Crippen LogP contribution in [-0.4, -0.2) is 20.2 Å². The van der Waals surface area contributed by atoms with Gasteiger partial charge in [-0.05, 0) is 18.2 Å². The van der Waals surface area contributed by atoms with Gasteiger partial charge in [0.05, 0.1) is 16.6 Å². The lowest BCUT2D eigenvalue weighted by atomic mass is 10.1. The summed E-state index contributed by atoms with van der Waals surface area (Å²) in [5, 5.41) is 8.21. The SMILES string of the molecule is O=c1[nH]nc(-c2ccccn2)c2[nH]c3ccccc3c12. The standard InChI is InChI=1S/C15H10N4O/c20-15-12-9-5-1-2-6-10(9)17-14(12)13(18-19-15)11-7-3-4-8-16-11/h1-8,17H,(H,19,20). The van der Waals surface area contributed by atoms with Gasteiger partial charge in [0.25, 0.3) is 5.56 Å². The van der Waals surface area contributed by atoms with Crippen LogP contribution in [0.4, 0.5) is 0 Å². The minimum Gasteiger partial charge on any atom is -0.352 e. The number of nitrogens with one attached hydrogen (secondary N) is 2. The molecule has 3 heterocycles. The molecule has 0 bridgehead atoms. The molecule has 0 atom stereocenters. The highest BCUT2D eigenvalue weighted by Gasteiger charge is 2.14. The van der Waals surface area contributed by atoms with Crippen molar-refractivity contribution in [2.24, 2.45) is 0 Å². The number of aromatic amines is 2. The van der Waals surface area contributed by atoms with E-state index < -0.39 is 0 Å². The molecule has 4 aromatic rings. The van der Waals surface area contributed by atoms with E-state index in [4.69, 9.17) is 0 Å². The molecule has 3 aromatic heterocycles. The zero-order valence-corrected chi connectivity index (χ0v) is 10.4. The zero-order chi connectivity index (χ0) is 13.5. The number of hydrogen-bond donors (Lipinski definition) is 2. The minimum absolute atomic E-state index is 0.197. The lowest BCUT2D eigenvalue weighted by molar-refractivity contribution is 1.01. The highest BCUT2D eigenvalue weighted by atomic mass is 16.1. The molecule has 0 aliphatic carbocycles. The predicted octanol–water partition coefficient (Wildman–Crippen LogP) is 2.47. The van der Waals surface area contributed by atoms with E-state index in [0.717, 1.165) is 16.6 Å². The van der Waals surface area contributed by atoms with Crippen molar-refractivity contribution < 1.29 is 0 Å². The van der Waals surface area contributed by atoms with Crippen molar-refractivity contribution in [2.75, 3.05) is 0 Å². The van der Waals surface area contributed by atoms with Gasteiger partial charge in [0.1, 0.15) is 5.69 Å². The normalized spacial score (nSPS) is 11.2. The van der Waals surface area contributed by atoms with Gasteiger partial charge < -0.3 is 4.98 Å². The van der Waals surface area contributed by atoms with Gasteiger partial charge in [-0.2, -0.15) is 5.10 Å². The van der Waals surface area contributed by atoms with Crippen molar-refractivity contribution in [1.29, 1.82) is 0 Å². The number of fused-ring (bicyclic) bond motifs is 3. The average Bonchev–Trinajstić information content (AvgIpc) is 2.88. The molecular weight excluding hydrogens is 252 g/mol. The molecule has 0 aliphatic rings. The van der Waals surface area contributed by atoms with Crippen molar-refractivity contribution in [3.05, 3.63) is 59.0 Å². The predicted molar refractivity (Wildman–Crippen MR) is 77.5 cm³/mol. The molecule has 5 nitrogen and oxygen atoms in total. The molecule has 0 spiro atoms. The Balaban J connectivity index is 2.19. The largest absolute Gasteiger partial charge is 0.352 e. The van der Waals surface area contributed by atoms with E-state index in [1.165, 1.54) is 0 Å². The first-order valence-corrected chi connectivity index (χ1v) is 6.25. The molecule has 0 aliphatic heterocycles. The summed E-state index contributed by atoms with van der Waals surface area (Å²) < 4.78 is 0. The maximum absolute atomic E-state index is 12.1. The van der Waals surface area contributed by atoms with E-state index in [2.05, 4.69) is 20.2 Å². The van der Waals surface area contributed by atoms with E-state index in [0.29, 0.717) is 16.6 Å². The van der Waals surface area contributed by atoms with Crippen molar-refractivity contribution in [3.8, 4) is 11.4 Å². The van der Waals surface area contributed by atoms with Crippen molar-refractivity contribution in [2.45, 2.75) is 0 Å². The number of benzene rings is 1. The Hall–Kier alpha value is -2.95. The summed E-state index contributed by atoms with van der Waals surface area (Å²) in [4.78, 5) is 19.6. The smallest absolute Gasteiger partial charge is 0.274 e. The Labute approximate surface area is 113 Å². The first-order chi connectivity index (χ1) is 9.84. The van der Waals surface area contributed by atoms with Crippen LogP contribution in [0.5, 0.6) is 0 Å². The Morgan fingerprint density at radius 2 is 1.85 bits per heavy atom. The number of rotatable bonds is 1. The molecule has 0 unspecified atom stereocenters. The summed E-state index contributed by atoms with van der Waals surface area (Å²) in [6, 6.07) is 13.3. The van der Waals surface area contributed by atoms with Crippen molar-refractivity contribution in [3.63, 3.8) is 0 Å². The third kappa shape index (κ3) is 1.46. The highest BCUT2D eigenvalue weighted by Crippen LogP contribution is 2.27. The monoisotopic (exact) mass is 262 g/mol. The molecular formula is C15H10N4O. The summed E-state index contributed by atoms with van der Waals surface area (Å²) in [6.07, 6.45) is 1.70. The topological polar surface area (TPSA) is 74.4 Å². The molecule has 96 valence electrons. The van der Waals surface area contributed by atoms with Gasteiger partial charge in [-0.3, -0.25) is 9.78 Å². The Morgan fingerprint density at radius 3 is 2.70 bits per heavy atom. The molecule has 4 rings (SSSR count). The Morgan fingerprint density at radius 1 is 1.00 bits per heavy atom. The van der Waals surface area contributed by atoms with Crippen LogP contribution in [0.15, 0.2) is 53.5 Å². The third-order valence-corrected chi connectivity index (χ3v) is 3.35. The van der Waals surface area contributed by atoms with Crippen LogP contribution >= 0.6 is 0 Å². The molecule has 0 amide bonds. The highest BCUT2D eigenvalue weighted by molar-refractivity contribution is 6.10. The van der Waals surface area contributed by atoms with Crippen LogP contribution in [0.2, 0.25) is 0 Å². The number of para-hydroxylation sites is 1. The van der Waals surface area contributed by atoms with Gasteiger partial charge in [0.15, 0.2) is 0 Å². The quantitative estimate of drug-likeness (QED) is 0.553. The number of nitrogens with zero attached hydrogens (tertiary/aromatic N) is 2. The fourth-order valence-corrected chi connectivity index (χ4v) is 2.46. The number of aromatic nitrogens is 4. The van der Waals surface area contributed by atoms with E-state index in [-0.39, 0.29) is 5.56 Å². The maximum Gasteiger partial charge on any atom is 0.274 e. The van der Waals surface area contributed by atoms with Gasteiger partial charge in [-0.1, -0.05) is 24.3 Å². The molecule has 5 heteroatoms. The van der Waals surface area contributed by atoms with Crippen molar-refractivity contribution in [1.82, 2.24) is 20.2 Å². The van der Waals surface area contributed by atoms with E-state index in [1.807, 2.05) is 42.5 Å². The number of pyridine rings is 1. The van der Waals surface area contributed by atoms with E-state index in [9.17, 15) is 4.79 Å². The Bertz CT molecular complexity index is 969. The molecule has 0 saturated carbocycles. The van der Waals surface area contributed by atoms with Crippen LogP contribution < -0.4 is 5.56 Å². The summed E-state index contributed by atoms with van der Waals surface area (Å²) in [5.74, 6) is 0. The van der Waals surface area contributed by atoms with Gasteiger partial charge in [-0.15, -0.1) is 0 Å². The second kappa shape index (κ2) is 4.03. The minimum atomic E-state index is -0.197. The maximum atomic E-state index is 12.1. The van der Waals surface area contributed by atoms with Crippen LogP contribution in [0.25, 0.3) is 33.2 Å². The summed E-state index contributed by atoms with van der Waals surface area (Å²) in [7, 11) is 0. The molecule has 20 heavy (non-hydrogen) atoms. The second-order valence-corrected chi connectivity index (χ2v) is 4.54. The van der Waals surface area contributed by atoms with Gasteiger partial charge in [0.2, 0.25) is 0 Å². The molecule has 0 radical (unpaired) electrons. The third-order valence-electron chi connectivity index (χ3n) is 3.35. The summed E-state index contributed by atoms with van der Waals surface area (Å²) in [5.41, 5.74) is 2.81. The molecule has 1 aromatic carbocycles. The first-order valence-electron chi connectivity index (χ1n) is 6.25. The van der Waals surface area contributed by atoms with Gasteiger partial charge in [0, 0.05) is 17.1 Å². The molecule has 0 saturated heterocycles. The number of hydrogen-bond acceptors (Lipinski definition) is 3. The lowest BCUT2D eigenvalue weighted by Gasteiger charge is -2.00. The lowest BCUT2D eigenvalue weighted by Crippen LogP contribution is -2.09. The zero-order valence-electron chi connectivity index (χ0n) is 10.4. The van der Waals surface area contributed by atoms with E-state index in [1.54, 1.807) is 6.20 Å².